The second-order valence-corrected chi connectivity index (χ2v) is 4.29. The average Bonchev–Trinajstić information content (AvgIpc) is 2.38. The van der Waals surface area contributed by atoms with Gasteiger partial charge in [0.25, 0.3) is 0 Å². The third-order valence-electron chi connectivity index (χ3n) is 2.91. The molecule has 0 atom stereocenters. The molecule has 2 heterocycles. The van der Waals surface area contributed by atoms with Crippen LogP contribution in [-0.2, 0) is 0 Å². The number of pyridine rings is 2. The predicted molar refractivity (Wildman–Crippen MR) is 72.5 cm³/mol. The van der Waals surface area contributed by atoms with Crippen molar-refractivity contribution in [1.82, 2.24) is 9.97 Å². The molecule has 3 nitrogen and oxygen atoms in total. The van der Waals surface area contributed by atoms with E-state index in [9.17, 15) is 4.79 Å². The zero-order valence-corrected chi connectivity index (χ0v) is 9.97. The van der Waals surface area contributed by atoms with Gasteiger partial charge in [0.15, 0.2) is 0 Å². The maximum absolute atomic E-state index is 11.3. The smallest absolute Gasteiger partial charge is 0.248 e. The number of aromatic amines is 1. The molecule has 0 aliphatic rings. The highest BCUT2D eigenvalue weighted by molar-refractivity contribution is 5.83. The van der Waals surface area contributed by atoms with Gasteiger partial charge in [-0.1, -0.05) is 18.2 Å². The van der Waals surface area contributed by atoms with Gasteiger partial charge in [-0.3, -0.25) is 9.78 Å². The number of hydrogen-bond acceptors (Lipinski definition) is 2. The fourth-order valence-electron chi connectivity index (χ4n) is 2.01. The third kappa shape index (κ3) is 1.91. The minimum Gasteiger partial charge on any atom is -0.322 e. The topological polar surface area (TPSA) is 45.8 Å². The fourth-order valence-corrected chi connectivity index (χ4v) is 2.01. The Kier molecular flexibility index (Phi) is 2.45. The number of H-pyrrole nitrogens is 1. The number of aryl methyl sites for hydroxylation is 1. The molecule has 3 rings (SSSR count). The van der Waals surface area contributed by atoms with Crippen molar-refractivity contribution in [2.45, 2.75) is 6.92 Å². The van der Waals surface area contributed by atoms with Crippen molar-refractivity contribution in [3.8, 4) is 11.3 Å². The van der Waals surface area contributed by atoms with Gasteiger partial charge >= 0.3 is 0 Å². The fraction of sp³-hybridized carbons (Fsp3) is 0.0667. The summed E-state index contributed by atoms with van der Waals surface area (Å²) in [6.07, 6.45) is 0. The highest BCUT2D eigenvalue weighted by atomic mass is 16.1. The Morgan fingerprint density at radius 2 is 1.94 bits per heavy atom. The molecule has 1 N–H and O–H groups in total. The second-order valence-electron chi connectivity index (χ2n) is 4.29. The molecule has 2 aromatic heterocycles. The molecule has 0 saturated carbocycles. The van der Waals surface area contributed by atoms with Gasteiger partial charge in [-0.15, -0.1) is 0 Å². The maximum Gasteiger partial charge on any atom is 0.248 e. The number of nitrogens with one attached hydrogen (secondary N) is 1. The van der Waals surface area contributed by atoms with Crippen LogP contribution in [0.15, 0.2) is 53.3 Å². The lowest BCUT2D eigenvalue weighted by molar-refractivity contribution is 1.24. The van der Waals surface area contributed by atoms with Gasteiger partial charge in [0, 0.05) is 22.8 Å². The Bertz CT molecular complexity index is 775. The molecule has 0 saturated heterocycles. The van der Waals surface area contributed by atoms with Crippen LogP contribution in [0.25, 0.3) is 22.2 Å². The summed E-state index contributed by atoms with van der Waals surface area (Å²) < 4.78 is 0. The molecule has 0 radical (unpaired) electrons. The first-order valence-corrected chi connectivity index (χ1v) is 5.79. The molecule has 0 fully saturated rings. The zero-order valence-electron chi connectivity index (χ0n) is 9.97. The van der Waals surface area contributed by atoms with E-state index < -0.39 is 0 Å². The second kappa shape index (κ2) is 4.11. The zero-order chi connectivity index (χ0) is 12.5. The molecule has 18 heavy (non-hydrogen) atoms. The molecule has 0 aliphatic carbocycles. The van der Waals surface area contributed by atoms with Crippen LogP contribution in [0.3, 0.4) is 0 Å². The Morgan fingerprint density at radius 1 is 1.06 bits per heavy atom. The van der Waals surface area contributed by atoms with E-state index >= 15 is 0 Å². The van der Waals surface area contributed by atoms with E-state index in [1.807, 2.05) is 43.3 Å². The highest BCUT2D eigenvalue weighted by Crippen LogP contribution is 2.21. The summed E-state index contributed by atoms with van der Waals surface area (Å²) in [6, 6.07) is 15.2. The first-order valence-electron chi connectivity index (χ1n) is 5.79. The molecule has 3 heteroatoms. The van der Waals surface area contributed by atoms with Crippen molar-refractivity contribution in [2.24, 2.45) is 0 Å². The lowest BCUT2D eigenvalue weighted by atomic mass is 10.1. The third-order valence-corrected chi connectivity index (χ3v) is 2.91. The van der Waals surface area contributed by atoms with Gasteiger partial charge in [0.1, 0.15) is 0 Å². The van der Waals surface area contributed by atoms with E-state index in [2.05, 4.69) is 9.97 Å². The van der Waals surface area contributed by atoms with Crippen LogP contribution in [0.1, 0.15) is 5.69 Å². The molecule has 88 valence electrons. The van der Waals surface area contributed by atoms with Crippen LogP contribution in [-0.4, -0.2) is 9.97 Å². The Hall–Kier alpha value is -2.42. The lowest BCUT2D eigenvalue weighted by Crippen LogP contribution is -2.03. The average molecular weight is 236 g/mol. The van der Waals surface area contributed by atoms with Gasteiger partial charge in [-0.2, -0.15) is 0 Å². The monoisotopic (exact) mass is 236 g/mol. The maximum atomic E-state index is 11.3. The van der Waals surface area contributed by atoms with Crippen LogP contribution in [0, 0.1) is 6.92 Å². The minimum absolute atomic E-state index is 0.0883. The van der Waals surface area contributed by atoms with Gasteiger partial charge in [0.2, 0.25) is 5.56 Å². The molecule has 0 spiro atoms. The summed E-state index contributed by atoms with van der Waals surface area (Å²) in [5.74, 6) is 0. The van der Waals surface area contributed by atoms with Crippen molar-refractivity contribution >= 4 is 10.9 Å². The normalized spacial score (nSPS) is 10.7. The standard InChI is InChI=1S/C15H12N2O/c1-10-5-6-11-9-12(7-8-14(11)16-10)13-3-2-4-15(18)17-13/h2-9H,1H3,(H,17,18). The lowest BCUT2D eigenvalue weighted by Gasteiger charge is -2.04. The van der Waals surface area contributed by atoms with Crippen molar-refractivity contribution in [1.29, 1.82) is 0 Å². The van der Waals surface area contributed by atoms with Gasteiger partial charge < -0.3 is 4.98 Å². The van der Waals surface area contributed by atoms with Crippen molar-refractivity contribution in [2.75, 3.05) is 0 Å². The number of rotatable bonds is 1. The number of fused-ring (bicyclic) bond motifs is 1. The van der Waals surface area contributed by atoms with Crippen LogP contribution < -0.4 is 5.56 Å². The number of nitrogens with zero attached hydrogens (tertiary/aromatic N) is 1. The number of benzene rings is 1. The van der Waals surface area contributed by atoms with Crippen LogP contribution in [0.2, 0.25) is 0 Å². The SMILES string of the molecule is Cc1ccc2cc(-c3cccc(=O)[nH]3)ccc2n1. The van der Waals surface area contributed by atoms with E-state index in [1.165, 1.54) is 6.07 Å². The molecule has 0 unspecified atom stereocenters. The van der Waals surface area contributed by atoms with E-state index in [4.69, 9.17) is 0 Å². The molecule has 0 bridgehead atoms. The van der Waals surface area contributed by atoms with E-state index in [0.29, 0.717) is 0 Å². The summed E-state index contributed by atoms with van der Waals surface area (Å²) in [4.78, 5) is 18.6. The summed E-state index contributed by atoms with van der Waals surface area (Å²) in [5.41, 5.74) is 3.70. The molecular weight excluding hydrogens is 224 g/mol. The molecule has 0 amide bonds. The van der Waals surface area contributed by atoms with Crippen LogP contribution in [0.5, 0.6) is 0 Å². The van der Waals surface area contributed by atoms with Gasteiger partial charge in [0.05, 0.1) is 5.52 Å². The number of hydrogen-bond donors (Lipinski definition) is 1. The van der Waals surface area contributed by atoms with Gasteiger partial charge in [-0.25, -0.2) is 0 Å². The quantitative estimate of drug-likeness (QED) is 0.706. The Labute approximate surface area is 104 Å². The molecule has 1 aromatic carbocycles. The number of aromatic nitrogens is 2. The molecular formula is C15H12N2O. The van der Waals surface area contributed by atoms with E-state index in [1.54, 1.807) is 6.07 Å². The predicted octanol–water partition coefficient (Wildman–Crippen LogP) is 2.90. The van der Waals surface area contributed by atoms with E-state index in [-0.39, 0.29) is 5.56 Å². The van der Waals surface area contributed by atoms with Crippen molar-refractivity contribution in [3.05, 3.63) is 64.6 Å². The highest BCUT2D eigenvalue weighted by Gasteiger charge is 2.01. The summed E-state index contributed by atoms with van der Waals surface area (Å²) >= 11 is 0. The molecule has 3 aromatic rings. The van der Waals surface area contributed by atoms with Crippen molar-refractivity contribution < 1.29 is 0 Å². The van der Waals surface area contributed by atoms with Crippen molar-refractivity contribution in [3.63, 3.8) is 0 Å². The first kappa shape index (κ1) is 10.7. The van der Waals surface area contributed by atoms with Crippen LogP contribution in [0.4, 0.5) is 0 Å². The molecule has 0 aliphatic heterocycles. The van der Waals surface area contributed by atoms with Crippen LogP contribution >= 0.6 is 0 Å². The Balaban J connectivity index is 2.19. The minimum atomic E-state index is -0.0883. The van der Waals surface area contributed by atoms with Gasteiger partial charge in [-0.05, 0) is 36.8 Å². The Morgan fingerprint density at radius 3 is 2.78 bits per heavy atom. The first-order chi connectivity index (χ1) is 8.72. The summed E-state index contributed by atoms with van der Waals surface area (Å²) in [6.45, 7) is 1.97. The van der Waals surface area contributed by atoms with E-state index in [0.717, 1.165) is 27.9 Å². The largest absolute Gasteiger partial charge is 0.322 e. The summed E-state index contributed by atoms with van der Waals surface area (Å²) in [7, 11) is 0. The summed E-state index contributed by atoms with van der Waals surface area (Å²) in [5, 5.41) is 1.07.